The molecule has 0 aliphatic carbocycles. The van der Waals surface area contributed by atoms with E-state index in [0.717, 1.165) is 45.0 Å². The van der Waals surface area contributed by atoms with Crippen LogP contribution in [0.2, 0.25) is 0 Å². The Morgan fingerprint density at radius 2 is 1.78 bits per heavy atom. The molecular formula is C15H23Cl3N4S. The number of aromatic nitrogens is 2. The molecule has 0 aromatic carbocycles. The van der Waals surface area contributed by atoms with Gasteiger partial charge in [0.2, 0.25) is 0 Å². The SMILES string of the molecule is Cc1ncsc1CCN1CCN(c2ccccn2)CC1.Cl.Cl.Cl. The van der Waals surface area contributed by atoms with Crippen LogP contribution in [-0.4, -0.2) is 47.6 Å². The van der Waals surface area contributed by atoms with Crippen molar-refractivity contribution in [3.8, 4) is 0 Å². The number of aryl methyl sites for hydroxylation is 1. The van der Waals surface area contributed by atoms with E-state index in [1.54, 1.807) is 11.3 Å². The van der Waals surface area contributed by atoms with Gasteiger partial charge in [0, 0.05) is 43.8 Å². The molecule has 4 nitrogen and oxygen atoms in total. The third-order valence-corrected chi connectivity index (χ3v) is 4.84. The molecule has 0 amide bonds. The third kappa shape index (κ3) is 6.08. The summed E-state index contributed by atoms with van der Waals surface area (Å²) in [6.07, 6.45) is 2.99. The zero-order chi connectivity index (χ0) is 13.8. The molecule has 1 aliphatic heterocycles. The molecule has 2 aromatic heterocycles. The van der Waals surface area contributed by atoms with Gasteiger partial charge in [0.1, 0.15) is 5.82 Å². The van der Waals surface area contributed by atoms with Gasteiger partial charge in [-0.2, -0.15) is 0 Å². The summed E-state index contributed by atoms with van der Waals surface area (Å²) in [5.74, 6) is 1.10. The molecule has 3 heterocycles. The number of anilines is 1. The van der Waals surface area contributed by atoms with Crippen LogP contribution in [-0.2, 0) is 6.42 Å². The van der Waals surface area contributed by atoms with Crippen molar-refractivity contribution < 1.29 is 0 Å². The lowest BCUT2D eigenvalue weighted by molar-refractivity contribution is 0.261. The minimum absolute atomic E-state index is 0. The summed E-state index contributed by atoms with van der Waals surface area (Å²) < 4.78 is 0. The van der Waals surface area contributed by atoms with Crippen molar-refractivity contribution in [2.75, 3.05) is 37.6 Å². The molecule has 0 bridgehead atoms. The van der Waals surface area contributed by atoms with Gasteiger partial charge < -0.3 is 4.90 Å². The minimum Gasteiger partial charge on any atom is -0.354 e. The van der Waals surface area contributed by atoms with Gasteiger partial charge in [-0.25, -0.2) is 9.97 Å². The summed E-state index contributed by atoms with van der Waals surface area (Å²) in [5.41, 5.74) is 3.14. The van der Waals surface area contributed by atoms with Crippen LogP contribution in [0.25, 0.3) is 0 Å². The van der Waals surface area contributed by atoms with Gasteiger partial charge in [-0.05, 0) is 25.5 Å². The van der Waals surface area contributed by atoms with Crippen molar-refractivity contribution in [1.29, 1.82) is 0 Å². The fraction of sp³-hybridized carbons (Fsp3) is 0.467. The Kier molecular flexibility index (Phi) is 10.8. The maximum atomic E-state index is 4.43. The van der Waals surface area contributed by atoms with Crippen LogP contribution in [0.15, 0.2) is 29.9 Å². The maximum absolute atomic E-state index is 4.43. The van der Waals surface area contributed by atoms with E-state index in [1.165, 1.54) is 10.6 Å². The van der Waals surface area contributed by atoms with Crippen LogP contribution >= 0.6 is 48.6 Å². The summed E-state index contributed by atoms with van der Waals surface area (Å²) in [4.78, 5) is 15.1. The van der Waals surface area contributed by atoms with Gasteiger partial charge in [-0.3, -0.25) is 4.90 Å². The number of halogens is 3. The minimum atomic E-state index is 0. The Balaban J connectivity index is 0.00000161. The second kappa shape index (κ2) is 11.0. The summed E-state index contributed by atoms with van der Waals surface area (Å²) in [7, 11) is 0. The number of pyridine rings is 1. The van der Waals surface area contributed by atoms with Gasteiger partial charge in [-0.1, -0.05) is 6.07 Å². The highest BCUT2D eigenvalue weighted by molar-refractivity contribution is 7.09. The predicted octanol–water partition coefficient (Wildman–Crippen LogP) is 3.48. The van der Waals surface area contributed by atoms with Gasteiger partial charge >= 0.3 is 0 Å². The first kappa shape index (κ1) is 22.4. The molecule has 0 radical (unpaired) electrons. The first-order valence-electron chi connectivity index (χ1n) is 7.10. The Morgan fingerprint density at radius 3 is 2.35 bits per heavy atom. The average molecular weight is 398 g/mol. The van der Waals surface area contributed by atoms with Gasteiger partial charge in [0.25, 0.3) is 0 Å². The second-order valence-electron chi connectivity index (χ2n) is 5.13. The van der Waals surface area contributed by atoms with Crippen LogP contribution in [0.3, 0.4) is 0 Å². The molecule has 8 heteroatoms. The molecule has 3 rings (SSSR count). The molecule has 0 atom stereocenters. The van der Waals surface area contributed by atoms with Crippen molar-refractivity contribution in [3.63, 3.8) is 0 Å². The summed E-state index contributed by atoms with van der Waals surface area (Å²) in [6, 6.07) is 6.12. The molecular weight excluding hydrogens is 375 g/mol. The summed E-state index contributed by atoms with van der Waals surface area (Å²) in [5, 5.41) is 0. The van der Waals surface area contributed by atoms with Crippen molar-refractivity contribution in [1.82, 2.24) is 14.9 Å². The van der Waals surface area contributed by atoms with Crippen molar-refractivity contribution in [3.05, 3.63) is 40.5 Å². The predicted molar refractivity (Wildman–Crippen MR) is 105 cm³/mol. The number of hydrogen-bond donors (Lipinski definition) is 0. The van der Waals surface area contributed by atoms with E-state index in [0.29, 0.717) is 0 Å². The smallest absolute Gasteiger partial charge is 0.128 e. The zero-order valence-corrected chi connectivity index (χ0v) is 16.3. The lowest BCUT2D eigenvalue weighted by atomic mass is 10.2. The van der Waals surface area contributed by atoms with Crippen molar-refractivity contribution in [2.24, 2.45) is 0 Å². The highest BCUT2D eigenvalue weighted by Gasteiger charge is 2.17. The molecule has 0 N–H and O–H groups in total. The quantitative estimate of drug-likeness (QED) is 0.790. The molecule has 23 heavy (non-hydrogen) atoms. The Hall–Kier alpha value is -0.590. The fourth-order valence-corrected chi connectivity index (χ4v) is 3.34. The Morgan fingerprint density at radius 1 is 1.04 bits per heavy atom. The summed E-state index contributed by atoms with van der Waals surface area (Å²) >= 11 is 1.78. The second-order valence-corrected chi connectivity index (χ2v) is 6.07. The van der Waals surface area contributed by atoms with Crippen molar-refractivity contribution in [2.45, 2.75) is 13.3 Å². The topological polar surface area (TPSA) is 32.3 Å². The van der Waals surface area contributed by atoms with Crippen LogP contribution in [0.5, 0.6) is 0 Å². The molecule has 2 aromatic rings. The number of piperazine rings is 1. The van der Waals surface area contributed by atoms with Crippen LogP contribution in [0.1, 0.15) is 10.6 Å². The van der Waals surface area contributed by atoms with Crippen LogP contribution in [0.4, 0.5) is 5.82 Å². The molecule has 0 saturated carbocycles. The normalized spacial score (nSPS) is 14.4. The van der Waals surface area contributed by atoms with Crippen molar-refractivity contribution >= 4 is 54.4 Å². The number of rotatable bonds is 4. The van der Waals surface area contributed by atoms with Gasteiger partial charge in [0.15, 0.2) is 0 Å². The lowest BCUT2D eigenvalue weighted by Gasteiger charge is -2.35. The van der Waals surface area contributed by atoms with E-state index in [1.807, 2.05) is 17.8 Å². The number of nitrogens with zero attached hydrogens (tertiary/aromatic N) is 4. The van der Waals surface area contributed by atoms with E-state index in [4.69, 9.17) is 0 Å². The molecule has 1 saturated heterocycles. The van der Waals surface area contributed by atoms with E-state index in [2.05, 4.69) is 38.8 Å². The van der Waals surface area contributed by atoms with Gasteiger partial charge in [-0.15, -0.1) is 48.6 Å². The summed E-state index contributed by atoms with van der Waals surface area (Å²) in [6.45, 7) is 7.62. The molecule has 1 fully saturated rings. The first-order valence-corrected chi connectivity index (χ1v) is 7.98. The molecule has 130 valence electrons. The fourth-order valence-electron chi connectivity index (χ4n) is 2.57. The highest BCUT2D eigenvalue weighted by Crippen LogP contribution is 2.15. The van der Waals surface area contributed by atoms with E-state index < -0.39 is 0 Å². The molecule has 0 spiro atoms. The molecule has 1 aliphatic rings. The number of hydrogen-bond acceptors (Lipinski definition) is 5. The van der Waals surface area contributed by atoms with E-state index in [-0.39, 0.29) is 37.2 Å². The van der Waals surface area contributed by atoms with E-state index in [9.17, 15) is 0 Å². The van der Waals surface area contributed by atoms with Gasteiger partial charge in [0.05, 0.1) is 11.2 Å². The molecule has 0 unspecified atom stereocenters. The highest BCUT2D eigenvalue weighted by atomic mass is 35.5. The first-order chi connectivity index (χ1) is 9.83. The van der Waals surface area contributed by atoms with Crippen LogP contribution in [0, 0.1) is 6.92 Å². The Labute approximate surface area is 160 Å². The van der Waals surface area contributed by atoms with E-state index >= 15 is 0 Å². The zero-order valence-electron chi connectivity index (χ0n) is 13.1. The largest absolute Gasteiger partial charge is 0.354 e. The van der Waals surface area contributed by atoms with Crippen LogP contribution < -0.4 is 4.90 Å². The monoisotopic (exact) mass is 396 g/mol. The maximum Gasteiger partial charge on any atom is 0.128 e. The lowest BCUT2D eigenvalue weighted by Crippen LogP contribution is -2.47. The average Bonchev–Trinajstić information content (AvgIpc) is 2.92. The standard InChI is InChI=1S/C15H20N4S.3ClH/c1-13-14(20-12-17-13)5-7-18-8-10-19(11-9-18)15-4-2-3-6-16-15;;;/h2-4,6,12H,5,7-11H2,1H3;3*1H. The number of thiazole rings is 1. The Bertz CT molecular complexity index is 545. The third-order valence-electron chi connectivity index (χ3n) is 3.85.